The number of fused-ring (bicyclic) bond motifs is 1. The molecule has 0 saturated heterocycles. The number of aromatic nitrogens is 2. The number of hydrogen-bond donors (Lipinski definition) is 1. The van der Waals surface area contributed by atoms with E-state index < -0.39 is 17.2 Å². The number of amides is 1. The fourth-order valence-corrected chi connectivity index (χ4v) is 4.40. The number of rotatable bonds is 6. The van der Waals surface area contributed by atoms with Crippen molar-refractivity contribution >= 4 is 33.1 Å². The van der Waals surface area contributed by atoms with E-state index in [1.165, 1.54) is 30.1 Å². The number of anilines is 1. The monoisotopic (exact) mass is 465 g/mol. The van der Waals surface area contributed by atoms with Crippen LogP contribution in [0.5, 0.6) is 11.5 Å². The summed E-state index contributed by atoms with van der Waals surface area (Å²) in [5.41, 5.74) is 2.32. The Morgan fingerprint density at radius 2 is 1.79 bits per heavy atom. The van der Waals surface area contributed by atoms with Crippen molar-refractivity contribution < 1.29 is 14.3 Å². The summed E-state index contributed by atoms with van der Waals surface area (Å²) in [6.45, 7) is 3.60. The van der Waals surface area contributed by atoms with Gasteiger partial charge in [-0.3, -0.25) is 14.2 Å². The Bertz CT molecular complexity index is 1480. The van der Waals surface area contributed by atoms with E-state index in [2.05, 4.69) is 5.32 Å². The maximum absolute atomic E-state index is 13.4. The highest BCUT2D eigenvalue weighted by molar-refractivity contribution is 7.17. The number of thiophene rings is 1. The quantitative estimate of drug-likeness (QED) is 0.471. The summed E-state index contributed by atoms with van der Waals surface area (Å²) < 4.78 is 13.4. The zero-order valence-electron chi connectivity index (χ0n) is 18.7. The van der Waals surface area contributed by atoms with Crippen LogP contribution < -0.4 is 26.0 Å². The molecule has 0 saturated carbocycles. The average Bonchev–Trinajstić information content (AvgIpc) is 3.29. The third-order valence-corrected chi connectivity index (χ3v) is 6.38. The molecular formula is C24H23N3O5S. The van der Waals surface area contributed by atoms with Gasteiger partial charge in [0, 0.05) is 6.07 Å². The molecule has 0 fully saturated rings. The minimum absolute atomic E-state index is 0.280. The highest BCUT2D eigenvalue weighted by Crippen LogP contribution is 2.29. The van der Waals surface area contributed by atoms with Gasteiger partial charge in [0.1, 0.15) is 22.7 Å². The van der Waals surface area contributed by atoms with Crippen molar-refractivity contribution in [1.29, 1.82) is 0 Å². The lowest BCUT2D eigenvalue weighted by Crippen LogP contribution is -2.40. The fraction of sp³-hybridized carbons (Fsp3) is 0.208. The van der Waals surface area contributed by atoms with Crippen molar-refractivity contribution in [2.45, 2.75) is 20.4 Å². The van der Waals surface area contributed by atoms with Gasteiger partial charge in [0.15, 0.2) is 0 Å². The van der Waals surface area contributed by atoms with Gasteiger partial charge >= 0.3 is 5.69 Å². The van der Waals surface area contributed by atoms with Crippen molar-refractivity contribution in [1.82, 2.24) is 9.13 Å². The Kier molecular flexibility index (Phi) is 6.06. The summed E-state index contributed by atoms with van der Waals surface area (Å²) in [6.07, 6.45) is 0. The zero-order chi connectivity index (χ0) is 23.7. The second-order valence-electron chi connectivity index (χ2n) is 7.53. The number of carbonyl (C=O) groups excluding carboxylic acids is 1. The minimum atomic E-state index is -0.582. The lowest BCUT2D eigenvalue weighted by atomic mass is 10.1. The number of aryl methyl sites for hydroxylation is 2. The second kappa shape index (κ2) is 8.95. The number of nitrogens with one attached hydrogen (secondary N) is 1. The fourth-order valence-electron chi connectivity index (χ4n) is 3.58. The number of hydrogen-bond acceptors (Lipinski definition) is 6. The van der Waals surface area contributed by atoms with E-state index in [1.54, 1.807) is 41.8 Å². The summed E-state index contributed by atoms with van der Waals surface area (Å²) in [4.78, 5) is 39.5. The highest BCUT2D eigenvalue weighted by Gasteiger charge is 2.18. The van der Waals surface area contributed by atoms with Crippen LogP contribution in [0.2, 0.25) is 0 Å². The van der Waals surface area contributed by atoms with Gasteiger partial charge in [-0.05, 0) is 60.7 Å². The molecule has 1 N–H and O–H groups in total. The van der Waals surface area contributed by atoms with Crippen molar-refractivity contribution in [3.63, 3.8) is 0 Å². The molecule has 0 aliphatic carbocycles. The van der Waals surface area contributed by atoms with Crippen LogP contribution in [0, 0.1) is 13.8 Å². The summed E-state index contributed by atoms with van der Waals surface area (Å²) in [5.74, 6) is 0.561. The van der Waals surface area contributed by atoms with E-state index in [0.29, 0.717) is 33.1 Å². The maximum atomic E-state index is 13.4. The molecule has 4 rings (SSSR count). The van der Waals surface area contributed by atoms with Crippen LogP contribution in [-0.2, 0) is 11.3 Å². The van der Waals surface area contributed by atoms with E-state index in [-0.39, 0.29) is 6.54 Å². The molecule has 33 heavy (non-hydrogen) atoms. The van der Waals surface area contributed by atoms with Gasteiger partial charge in [-0.1, -0.05) is 6.07 Å². The maximum Gasteiger partial charge on any atom is 0.336 e. The van der Waals surface area contributed by atoms with Crippen molar-refractivity contribution in [3.8, 4) is 17.2 Å². The molecule has 1 amide bonds. The van der Waals surface area contributed by atoms with Crippen LogP contribution in [0.1, 0.15) is 11.1 Å². The van der Waals surface area contributed by atoms with Gasteiger partial charge < -0.3 is 14.8 Å². The minimum Gasteiger partial charge on any atom is -0.497 e. The standard InChI is InChI=1S/C24H23N3O5S/c1-14-5-6-16(11-15(14)2)27-23(29)22-19(9-10-33-22)26(24(27)30)13-21(28)25-18-12-17(31-3)7-8-20(18)32-4/h5-12H,13H2,1-4H3,(H,25,28). The first-order chi connectivity index (χ1) is 15.8. The van der Waals surface area contributed by atoms with Crippen LogP contribution in [0.4, 0.5) is 5.69 Å². The lowest BCUT2D eigenvalue weighted by Gasteiger charge is -2.15. The van der Waals surface area contributed by atoms with Gasteiger partial charge in [-0.15, -0.1) is 11.3 Å². The normalized spacial score (nSPS) is 10.9. The third kappa shape index (κ3) is 4.14. The second-order valence-corrected chi connectivity index (χ2v) is 8.44. The lowest BCUT2D eigenvalue weighted by molar-refractivity contribution is -0.116. The third-order valence-electron chi connectivity index (χ3n) is 5.49. The van der Waals surface area contributed by atoms with Crippen LogP contribution in [0.15, 0.2) is 57.4 Å². The molecule has 2 aromatic carbocycles. The summed E-state index contributed by atoms with van der Waals surface area (Å²) in [5, 5.41) is 4.50. The van der Waals surface area contributed by atoms with Crippen LogP contribution in [-0.4, -0.2) is 29.3 Å². The molecule has 0 aliphatic heterocycles. The number of carbonyl (C=O) groups is 1. The summed E-state index contributed by atoms with van der Waals surface area (Å²) in [6, 6.07) is 12.1. The topological polar surface area (TPSA) is 91.6 Å². The Morgan fingerprint density at radius 3 is 2.48 bits per heavy atom. The molecule has 170 valence electrons. The van der Waals surface area contributed by atoms with E-state index in [0.717, 1.165) is 15.7 Å². The molecule has 4 aromatic rings. The first-order valence-electron chi connectivity index (χ1n) is 10.2. The number of benzene rings is 2. The van der Waals surface area contributed by atoms with Crippen LogP contribution in [0.25, 0.3) is 15.9 Å². The predicted octanol–water partition coefficient (Wildman–Crippen LogP) is 3.49. The van der Waals surface area contributed by atoms with Crippen molar-refractivity contribution in [2.24, 2.45) is 0 Å². The van der Waals surface area contributed by atoms with Gasteiger partial charge in [0.2, 0.25) is 5.91 Å². The van der Waals surface area contributed by atoms with E-state index in [4.69, 9.17) is 9.47 Å². The number of nitrogens with zero attached hydrogens (tertiary/aromatic N) is 2. The molecule has 0 radical (unpaired) electrons. The Morgan fingerprint density at radius 1 is 1.00 bits per heavy atom. The van der Waals surface area contributed by atoms with Crippen LogP contribution in [0.3, 0.4) is 0 Å². The Balaban J connectivity index is 1.78. The summed E-state index contributed by atoms with van der Waals surface area (Å²) in [7, 11) is 3.02. The largest absolute Gasteiger partial charge is 0.497 e. The molecular weight excluding hydrogens is 442 g/mol. The molecule has 9 heteroatoms. The van der Waals surface area contributed by atoms with Gasteiger partial charge in [0.25, 0.3) is 5.56 Å². The van der Waals surface area contributed by atoms with E-state index in [9.17, 15) is 14.4 Å². The summed E-state index contributed by atoms with van der Waals surface area (Å²) >= 11 is 1.23. The zero-order valence-corrected chi connectivity index (χ0v) is 19.5. The van der Waals surface area contributed by atoms with E-state index in [1.807, 2.05) is 19.9 Å². The van der Waals surface area contributed by atoms with Crippen molar-refractivity contribution in [3.05, 3.63) is 79.8 Å². The SMILES string of the molecule is COc1ccc(OC)c(NC(=O)Cn2c(=O)n(-c3ccc(C)c(C)c3)c(=O)c3sccc32)c1. The molecule has 0 aliphatic rings. The molecule has 0 unspecified atom stereocenters. The Labute approximate surface area is 193 Å². The molecule has 0 spiro atoms. The number of ether oxygens (including phenoxy) is 2. The molecule has 8 nitrogen and oxygen atoms in total. The molecule has 0 bridgehead atoms. The smallest absolute Gasteiger partial charge is 0.336 e. The molecule has 2 aromatic heterocycles. The first-order valence-corrected chi connectivity index (χ1v) is 11.0. The first kappa shape index (κ1) is 22.3. The molecule has 0 atom stereocenters. The van der Waals surface area contributed by atoms with E-state index >= 15 is 0 Å². The Hall–Kier alpha value is -3.85. The van der Waals surface area contributed by atoms with Crippen LogP contribution >= 0.6 is 11.3 Å². The highest BCUT2D eigenvalue weighted by atomic mass is 32.1. The van der Waals surface area contributed by atoms with Gasteiger partial charge in [-0.25, -0.2) is 9.36 Å². The molecule has 2 heterocycles. The van der Waals surface area contributed by atoms with Crippen molar-refractivity contribution in [2.75, 3.05) is 19.5 Å². The van der Waals surface area contributed by atoms with Gasteiger partial charge in [0.05, 0.1) is 31.1 Å². The predicted molar refractivity (Wildman–Crippen MR) is 129 cm³/mol. The van der Waals surface area contributed by atoms with Gasteiger partial charge in [-0.2, -0.15) is 0 Å². The average molecular weight is 466 g/mol. The number of methoxy groups -OCH3 is 2.